The molecule has 3 heterocycles. The van der Waals surface area contributed by atoms with Crippen LogP contribution in [-0.2, 0) is 11.3 Å². The number of anilines is 2. The topological polar surface area (TPSA) is 68.1 Å². The molecule has 5 rings (SSSR count). The molecule has 5 aromatic rings. The minimum Gasteiger partial charge on any atom is -0.293 e. The third-order valence-electron chi connectivity index (χ3n) is 5.59. The largest absolute Gasteiger partial charge is 0.293 e. The van der Waals surface area contributed by atoms with Crippen LogP contribution in [-0.4, -0.2) is 20.4 Å². The van der Waals surface area contributed by atoms with Crippen LogP contribution in [0.5, 0.6) is 0 Å². The summed E-state index contributed by atoms with van der Waals surface area (Å²) in [6.07, 6.45) is 1.58. The van der Waals surface area contributed by atoms with E-state index in [4.69, 9.17) is 0 Å². The molecule has 0 fully saturated rings. The lowest BCUT2D eigenvalue weighted by molar-refractivity contribution is -0.115. The quantitative estimate of drug-likeness (QED) is 0.309. The van der Waals surface area contributed by atoms with E-state index in [-0.39, 0.29) is 18.0 Å². The average Bonchev–Trinajstić information content (AvgIpc) is 3.41. The Kier molecular flexibility index (Phi) is 5.85. The fraction of sp³-hybridized carbons (Fsp3) is 0.154. The summed E-state index contributed by atoms with van der Waals surface area (Å²) in [5.41, 5.74) is 4.48. The van der Waals surface area contributed by atoms with Gasteiger partial charge in [0.1, 0.15) is 4.83 Å². The molecule has 0 aliphatic rings. The van der Waals surface area contributed by atoms with E-state index < -0.39 is 0 Å². The fourth-order valence-corrected chi connectivity index (χ4v) is 6.00. The Balaban J connectivity index is 1.48. The number of nitrogens with zero attached hydrogens (tertiary/aromatic N) is 4. The van der Waals surface area contributed by atoms with Gasteiger partial charge in [-0.3, -0.25) is 19.1 Å². The van der Waals surface area contributed by atoms with E-state index >= 15 is 0 Å². The summed E-state index contributed by atoms with van der Waals surface area (Å²) in [7, 11) is 0. The Morgan fingerprint density at radius 3 is 2.62 bits per heavy atom. The van der Waals surface area contributed by atoms with Crippen LogP contribution in [0.2, 0.25) is 0 Å². The van der Waals surface area contributed by atoms with E-state index in [1.807, 2.05) is 73.8 Å². The lowest BCUT2D eigenvalue weighted by Crippen LogP contribution is -2.23. The van der Waals surface area contributed by atoms with Gasteiger partial charge in [-0.2, -0.15) is 0 Å². The van der Waals surface area contributed by atoms with Gasteiger partial charge in [-0.05, 0) is 42.7 Å². The van der Waals surface area contributed by atoms with Crippen molar-refractivity contribution in [3.05, 3.63) is 93.5 Å². The smallest absolute Gasteiger partial charge is 0.262 e. The minimum absolute atomic E-state index is 0.0856. The summed E-state index contributed by atoms with van der Waals surface area (Å²) in [5.74, 6) is -0.117. The monoisotopic (exact) mass is 486 g/mol. The van der Waals surface area contributed by atoms with Crippen LogP contribution in [0.3, 0.4) is 0 Å². The maximum Gasteiger partial charge on any atom is 0.262 e. The number of rotatable bonds is 5. The van der Waals surface area contributed by atoms with Crippen molar-refractivity contribution < 1.29 is 4.79 Å². The van der Waals surface area contributed by atoms with Gasteiger partial charge in [0.05, 0.1) is 29.6 Å². The Labute approximate surface area is 204 Å². The van der Waals surface area contributed by atoms with Gasteiger partial charge in [0.15, 0.2) is 5.13 Å². The maximum absolute atomic E-state index is 13.3. The van der Waals surface area contributed by atoms with Crippen molar-refractivity contribution in [2.75, 3.05) is 4.90 Å². The number of carbonyl (C=O) groups excluding carboxylic acids is 1. The molecule has 8 heteroatoms. The van der Waals surface area contributed by atoms with Gasteiger partial charge in [0.25, 0.3) is 5.56 Å². The number of hydrogen-bond donors (Lipinski definition) is 0. The predicted molar refractivity (Wildman–Crippen MR) is 139 cm³/mol. The van der Waals surface area contributed by atoms with Crippen LogP contribution in [0, 0.1) is 13.8 Å². The van der Waals surface area contributed by atoms with Gasteiger partial charge in [0.2, 0.25) is 5.91 Å². The lowest BCUT2D eigenvalue weighted by atomic mass is 10.1. The summed E-state index contributed by atoms with van der Waals surface area (Å²) in [6, 6.07) is 17.8. The van der Waals surface area contributed by atoms with Gasteiger partial charge in [-0.15, -0.1) is 22.7 Å². The molecule has 0 saturated heterocycles. The van der Waals surface area contributed by atoms with Crippen LogP contribution in [0.4, 0.5) is 10.8 Å². The van der Waals surface area contributed by atoms with Crippen LogP contribution in [0.25, 0.3) is 20.7 Å². The highest BCUT2D eigenvalue weighted by atomic mass is 32.1. The predicted octanol–water partition coefficient (Wildman–Crippen LogP) is 5.93. The zero-order valence-electron chi connectivity index (χ0n) is 19.0. The fourth-order valence-electron chi connectivity index (χ4n) is 3.98. The van der Waals surface area contributed by atoms with E-state index in [1.54, 1.807) is 15.8 Å². The van der Waals surface area contributed by atoms with Crippen molar-refractivity contribution in [1.29, 1.82) is 0 Å². The Morgan fingerprint density at radius 1 is 1.09 bits per heavy atom. The van der Waals surface area contributed by atoms with Gasteiger partial charge < -0.3 is 0 Å². The summed E-state index contributed by atoms with van der Waals surface area (Å²) >= 11 is 2.91. The molecule has 0 atom stereocenters. The third-order valence-corrected chi connectivity index (χ3v) is 7.71. The Bertz CT molecular complexity index is 1570. The molecule has 0 aliphatic heterocycles. The van der Waals surface area contributed by atoms with Crippen LogP contribution >= 0.6 is 22.7 Å². The van der Waals surface area contributed by atoms with E-state index in [1.165, 1.54) is 29.6 Å². The van der Waals surface area contributed by atoms with E-state index in [9.17, 15) is 9.59 Å². The zero-order chi connectivity index (χ0) is 23.8. The molecule has 0 unspecified atom stereocenters. The molecule has 2 aromatic carbocycles. The second-order valence-electron chi connectivity index (χ2n) is 8.09. The molecule has 0 aliphatic carbocycles. The first-order chi connectivity index (χ1) is 16.4. The number of aromatic nitrogens is 3. The van der Waals surface area contributed by atoms with E-state index in [0.717, 1.165) is 32.1 Å². The number of thiophene rings is 1. The molecule has 6 nitrogen and oxygen atoms in total. The molecular weight excluding hydrogens is 464 g/mol. The molecule has 0 saturated carbocycles. The molecule has 0 radical (unpaired) electrons. The van der Waals surface area contributed by atoms with Gasteiger partial charge in [-0.1, -0.05) is 42.5 Å². The highest BCUT2D eigenvalue weighted by Crippen LogP contribution is 2.35. The lowest BCUT2D eigenvalue weighted by Gasteiger charge is -2.18. The summed E-state index contributed by atoms with van der Waals surface area (Å²) in [5, 5.41) is 3.10. The molecule has 1 amide bonds. The SMILES string of the molecule is CC(=O)N(c1cccc(C)c1)c1nc(Cn2cnc3sc(-c4ccccc4)c(C)c3c2=O)cs1. The molecule has 0 bridgehead atoms. The minimum atomic E-state index is -0.117. The molecule has 3 aromatic heterocycles. The first-order valence-electron chi connectivity index (χ1n) is 10.8. The first-order valence-corrected chi connectivity index (χ1v) is 12.5. The van der Waals surface area contributed by atoms with Crippen LogP contribution < -0.4 is 10.5 Å². The standard InChI is InChI=1S/C26H22N4O2S2/c1-16-8-7-11-21(12-16)30(18(3)31)26-28-20(14-33-26)13-29-15-27-24-22(25(29)32)17(2)23(34-24)19-9-5-4-6-10-19/h4-12,14-15H,13H2,1-3H3. The normalized spacial score (nSPS) is 11.1. The molecule has 34 heavy (non-hydrogen) atoms. The second kappa shape index (κ2) is 8.96. The number of carbonyl (C=O) groups is 1. The molecule has 0 spiro atoms. The van der Waals surface area contributed by atoms with Crippen molar-refractivity contribution in [3.8, 4) is 10.4 Å². The number of hydrogen-bond acceptors (Lipinski definition) is 6. The third kappa shape index (κ3) is 4.06. The van der Waals surface area contributed by atoms with Gasteiger partial charge >= 0.3 is 0 Å². The molecule has 0 N–H and O–H groups in total. The van der Waals surface area contributed by atoms with Crippen molar-refractivity contribution in [2.45, 2.75) is 27.3 Å². The van der Waals surface area contributed by atoms with Crippen molar-refractivity contribution in [1.82, 2.24) is 14.5 Å². The number of amides is 1. The van der Waals surface area contributed by atoms with Gasteiger partial charge in [-0.25, -0.2) is 9.97 Å². The van der Waals surface area contributed by atoms with Crippen molar-refractivity contribution in [2.24, 2.45) is 0 Å². The Hall–Kier alpha value is -3.62. The second-order valence-corrected chi connectivity index (χ2v) is 9.93. The highest BCUT2D eigenvalue weighted by molar-refractivity contribution is 7.22. The Morgan fingerprint density at radius 2 is 1.88 bits per heavy atom. The van der Waals surface area contributed by atoms with Crippen molar-refractivity contribution in [3.63, 3.8) is 0 Å². The molecule has 170 valence electrons. The number of thiazole rings is 1. The first kappa shape index (κ1) is 22.2. The summed E-state index contributed by atoms with van der Waals surface area (Å²) < 4.78 is 1.58. The summed E-state index contributed by atoms with van der Waals surface area (Å²) in [4.78, 5) is 38.4. The number of benzene rings is 2. The summed E-state index contributed by atoms with van der Waals surface area (Å²) in [6.45, 7) is 5.77. The van der Waals surface area contributed by atoms with Gasteiger partial charge in [0, 0.05) is 17.2 Å². The highest BCUT2D eigenvalue weighted by Gasteiger charge is 2.19. The number of fused-ring (bicyclic) bond motifs is 1. The zero-order valence-corrected chi connectivity index (χ0v) is 20.6. The molecular formula is C26H22N4O2S2. The number of aryl methyl sites for hydroxylation is 2. The average molecular weight is 487 g/mol. The maximum atomic E-state index is 13.3. The van der Waals surface area contributed by atoms with Crippen LogP contribution in [0.1, 0.15) is 23.7 Å². The van der Waals surface area contributed by atoms with E-state index in [2.05, 4.69) is 9.97 Å². The van der Waals surface area contributed by atoms with E-state index in [0.29, 0.717) is 16.2 Å². The van der Waals surface area contributed by atoms with Crippen LogP contribution in [0.15, 0.2) is 71.1 Å². The van der Waals surface area contributed by atoms with Crippen molar-refractivity contribution >= 4 is 49.6 Å².